The van der Waals surface area contributed by atoms with Crippen LogP contribution in [0.5, 0.6) is 5.75 Å². The number of hydrogen-bond acceptors (Lipinski definition) is 4. The molecule has 42 heavy (non-hydrogen) atoms. The summed E-state index contributed by atoms with van der Waals surface area (Å²) in [6.45, 7) is 0.996. The maximum Gasteiger partial charge on any atom is 0.417 e. The second-order valence-corrected chi connectivity index (χ2v) is 11.1. The molecule has 0 aliphatic carbocycles. The molecule has 6 nitrogen and oxygen atoms in total. The lowest BCUT2D eigenvalue weighted by molar-refractivity contribution is -0.143. The van der Waals surface area contributed by atoms with Crippen LogP contribution in [-0.4, -0.2) is 27.6 Å². The molecule has 0 saturated carbocycles. The largest absolute Gasteiger partial charge is 0.487 e. The Bertz CT molecular complexity index is 1600. The molecular formula is C26H21F9N2O4S. The van der Waals surface area contributed by atoms with Gasteiger partial charge in [-0.05, 0) is 60.5 Å². The van der Waals surface area contributed by atoms with Crippen molar-refractivity contribution in [2.24, 2.45) is 0 Å². The van der Waals surface area contributed by atoms with Crippen LogP contribution in [0.1, 0.15) is 38.2 Å². The summed E-state index contributed by atoms with van der Waals surface area (Å²) in [6.07, 6.45) is -14.3. The van der Waals surface area contributed by atoms with Crippen molar-refractivity contribution in [2.75, 3.05) is 22.9 Å². The summed E-state index contributed by atoms with van der Waals surface area (Å²) >= 11 is 0. The first-order valence-corrected chi connectivity index (χ1v) is 13.4. The minimum Gasteiger partial charge on any atom is -0.487 e. The number of alkyl halides is 9. The Morgan fingerprint density at radius 3 is 1.95 bits per heavy atom. The summed E-state index contributed by atoms with van der Waals surface area (Å²) in [5.41, 5.74) is -5.49. The van der Waals surface area contributed by atoms with E-state index in [0.717, 1.165) is 47.9 Å². The molecule has 0 spiro atoms. The third kappa shape index (κ3) is 7.66. The van der Waals surface area contributed by atoms with Gasteiger partial charge in [0, 0.05) is 18.8 Å². The molecule has 1 amide bonds. The van der Waals surface area contributed by atoms with E-state index < -0.39 is 63.3 Å². The number of rotatable bonds is 7. The van der Waals surface area contributed by atoms with E-state index in [2.05, 4.69) is 5.32 Å². The third-order valence-electron chi connectivity index (χ3n) is 6.01. The van der Waals surface area contributed by atoms with E-state index in [1.54, 1.807) is 0 Å². The van der Waals surface area contributed by atoms with Crippen LogP contribution in [0.4, 0.5) is 50.9 Å². The van der Waals surface area contributed by atoms with E-state index >= 15 is 0 Å². The Labute approximate surface area is 233 Å². The Balaban J connectivity index is 2.01. The fraction of sp³-hybridized carbons (Fsp3) is 0.269. The van der Waals surface area contributed by atoms with Gasteiger partial charge in [0.25, 0.3) is 5.91 Å². The van der Waals surface area contributed by atoms with Gasteiger partial charge in [0.15, 0.2) is 0 Å². The maximum atomic E-state index is 13.5. The molecule has 0 bridgehead atoms. The molecular weight excluding hydrogens is 607 g/mol. The average molecular weight is 629 g/mol. The van der Waals surface area contributed by atoms with Gasteiger partial charge in [-0.15, -0.1) is 0 Å². The minimum absolute atomic E-state index is 0.0757. The molecule has 0 unspecified atom stereocenters. The molecule has 3 aromatic carbocycles. The number of ether oxygens (including phenoxy) is 1. The van der Waals surface area contributed by atoms with E-state index in [4.69, 9.17) is 4.74 Å². The molecule has 1 N–H and O–H groups in total. The van der Waals surface area contributed by atoms with E-state index in [9.17, 15) is 52.7 Å². The summed E-state index contributed by atoms with van der Waals surface area (Å²) in [6, 6.07) is 6.56. The monoisotopic (exact) mass is 628 g/mol. The van der Waals surface area contributed by atoms with E-state index in [1.165, 1.54) is 13.0 Å². The maximum absolute atomic E-state index is 13.5. The lowest BCUT2D eigenvalue weighted by Crippen LogP contribution is -2.25. The normalized spacial score (nSPS) is 12.7. The molecule has 228 valence electrons. The van der Waals surface area contributed by atoms with Crippen molar-refractivity contribution in [2.45, 2.75) is 32.1 Å². The minimum atomic E-state index is -5.33. The van der Waals surface area contributed by atoms with Crippen LogP contribution in [0.25, 0.3) is 0 Å². The smallest absolute Gasteiger partial charge is 0.417 e. The molecule has 0 aromatic heterocycles. The topological polar surface area (TPSA) is 75.7 Å². The summed E-state index contributed by atoms with van der Waals surface area (Å²) < 4.78 is 150. The first-order valence-electron chi connectivity index (χ1n) is 11.6. The predicted molar refractivity (Wildman–Crippen MR) is 135 cm³/mol. The second kappa shape index (κ2) is 11.4. The first-order chi connectivity index (χ1) is 19.1. The standard InChI is InChI=1S/C26H21F9N2O4S/c1-14-4-5-16(24(27,28)29)10-15(14)13-41-22-12-18(7-9-21(22)37(2)42(3,39)40)36-23(38)19-8-6-17(25(30,31)32)11-20(19)26(33,34)35/h4-12H,13H2,1-3H3,(H,36,38). The Kier molecular flexibility index (Phi) is 8.82. The predicted octanol–water partition coefficient (Wildman–Crippen LogP) is 7.28. The van der Waals surface area contributed by atoms with Crippen LogP contribution in [0.3, 0.4) is 0 Å². The SMILES string of the molecule is Cc1ccc(C(F)(F)F)cc1COc1cc(NC(=O)c2ccc(C(F)(F)F)cc2C(F)(F)F)ccc1N(C)S(C)(=O)=O. The average Bonchev–Trinajstić information content (AvgIpc) is 2.85. The number of sulfonamides is 1. The fourth-order valence-corrected chi connectivity index (χ4v) is 4.16. The second-order valence-electron chi connectivity index (χ2n) is 9.05. The highest BCUT2D eigenvalue weighted by Gasteiger charge is 2.39. The lowest BCUT2D eigenvalue weighted by atomic mass is 10.0. The number of carbonyl (C=O) groups is 1. The van der Waals surface area contributed by atoms with Crippen molar-refractivity contribution in [3.8, 4) is 5.75 Å². The van der Waals surface area contributed by atoms with Crippen LogP contribution >= 0.6 is 0 Å². The molecule has 16 heteroatoms. The Morgan fingerprint density at radius 2 is 1.40 bits per heavy atom. The van der Waals surface area contributed by atoms with Crippen LogP contribution < -0.4 is 14.4 Å². The van der Waals surface area contributed by atoms with Crippen molar-refractivity contribution in [3.05, 3.63) is 88.0 Å². The molecule has 3 rings (SSSR count). The van der Waals surface area contributed by atoms with Crippen molar-refractivity contribution in [1.82, 2.24) is 0 Å². The number of anilines is 2. The lowest BCUT2D eigenvalue weighted by Gasteiger charge is -2.22. The van der Waals surface area contributed by atoms with Crippen LogP contribution in [0.15, 0.2) is 54.6 Å². The number of hydrogen-bond donors (Lipinski definition) is 1. The highest BCUT2D eigenvalue weighted by Crippen LogP contribution is 2.38. The van der Waals surface area contributed by atoms with Crippen molar-refractivity contribution in [3.63, 3.8) is 0 Å². The van der Waals surface area contributed by atoms with Gasteiger partial charge < -0.3 is 10.1 Å². The van der Waals surface area contributed by atoms with Crippen LogP contribution in [-0.2, 0) is 35.2 Å². The first kappa shape index (κ1) is 32.6. The third-order valence-corrected chi connectivity index (χ3v) is 7.20. The number of amides is 1. The van der Waals surface area contributed by atoms with Gasteiger partial charge in [-0.25, -0.2) is 8.42 Å². The molecule has 0 saturated heterocycles. The van der Waals surface area contributed by atoms with Gasteiger partial charge in [0.1, 0.15) is 12.4 Å². The molecule has 0 aliphatic heterocycles. The number of halogens is 9. The zero-order valence-electron chi connectivity index (χ0n) is 21.8. The van der Waals surface area contributed by atoms with Gasteiger partial charge in [-0.1, -0.05) is 6.07 Å². The summed E-state index contributed by atoms with van der Waals surface area (Å²) in [5, 5.41) is 2.10. The van der Waals surface area contributed by atoms with E-state index in [-0.39, 0.29) is 28.8 Å². The highest BCUT2D eigenvalue weighted by molar-refractivity contribution is 7.92. The highest BCUT2D eigenvalue weighted by atomic mass is 32.2. The summed E-state index contributed by atoms with van der Waals surface area (Å²) in [7, 11) is -2.78. The molecule has 0 atom stereocenters. The van der Waals surface area contributed by atoms with Gasteiger partial charge in [0.2, 0.25) is 10.0 Å². The number of aryl methyl sites for hydroxylation is 1. The molecule has 3 aromatic rings. The van der Waals surface area contributed by atoms with Crippen molar-refractivity contribution < 1.29 is 57.5 Å². The molecule has 0 fully saturated rings. The van der Waals surface area contributed by atoms with Crippen molar-refractivity contribution >= 4 is 27.3 Å². The van der Waals surface area contributed by atoms with Crippen LogP contribution in [0, 0.1) is 6.92 Å². The van der Waals surface area contributed by atoms with E-state index in [0.29, 0.717) is 17.7 Å². The van der Waals surface area contributed by atoms with Gasteiger partial charge >= 0.3 is 18.5 Å². The summed E-state index contributed by atoms with van der Waals surface area (Å²) in [5.74, 6) is -1.74. The molecule has 0 radical (unpaired) electrons. The van der Waals surface area contributed by atoms with E-state index in [1.807, 2.05) is 0 Å². The quantitative estimate of drug-likeness (QED) is 0.279. The van der Waals surface area contributed by atoms with Gasteiger partial charge in [0.05, 0.1) is 34.2 Å². The summed E-state index contributed by atoms with van der Waals surface area (Å²) in [4.78, 5) is 12.7. The number of nitrogens with one attached hydrogen (secondary N) is 1. The number of benzene rings is 3. The Hall–Kier alpha value is -3.95. The van der Waals surface area contributed by atoms with Gasteiger partial charge in [-0.3, -0.25) is 9.10 Å². The molecule has 0 heterocycles. The Morgan fingerprint density at radius 1 is 0.833 bits per heavy atom. The fourth-order valence-electron chi connectivity index (χ4n) is 3.66. The van der Waals surface area contributed by atoms with Crippen molar-refractivity contribution in [1.29, 1.82) is 0 Å². The number of nitrogens with zero attached hydrogens (tertiary/aromatic N) is 1. The van der Waals surface area contributed by atoms with Crippen LogP contribution in [0.2, 0.25) is 0 Å². The zero-order chi connectivity index (χ0) is 31.8. The molecule has 0 aliphatic rings. The zero-order valence-corrected chi connectivity index (χ0v) is 22.6. The van der Waals surface area contributed by atoms with Gasteiger partial charge in [-0.2, -0.15) is 39.5 Å². The number of carbonyl (C=O) groups excluding carboxylic acids is 1.